The summed E-state index contributed by atoms with van der Waals surface area (Å²) in [4.78, 5) is 14.6. The van der Waals surface area contributed by atoms with Gasteiger partial charge in [-0.1, -0.05) is 18.2 Å². The third kappa shape index (κ3) is 2.99. The van der Waals surface area contributed by atoms with Gasteiger partial charge in [0.2, 0.25) is 0 Å². The van der Waals surface area contributed by atoms with E-state index in [0.717, 1.165) is 42.5 Å². The summed E-state index contributed by atoms with van der Waals surface area (Å²) in [5.74, 6) is 0.850. The molecule has 2 atom stereocenters. The van der Waals surface area contributed by atoms with E-state index in [1.54, 1.807) is 0 Å². The molecule has 0 bridgehead atoms. The Hall–Kier alpha value is -1.52. The maximum Gasteiger partial charge on any atom is 0.289 e. The van der Waals surface area contributed by atoms with Crippen molar-refractivity contribution in [2.75, 3.05) is 13.1 Å². The zero-order valence-corrected chi connectivity index (χ0v) is 13.9. The van der Waals surface area contributed by atoms with E-state index in [-0.39, 0.29) is 24.4 Å². The number of rotatable bonds is 2. The number of fused-ring (bicyclic) bond motifs is 1. The maximum atomic E-state index is 12.7. The predicted octanol–water partition coefficient (Wildman–Crippen LogP) is 3.36. The van der Waals surface area contributed by atoms with Crippen molar-refractivity contribution in [3.05, 3.63) is 35.6 Å². The van der Waals surface area contributed by atoms with E-state index in [2.05, 4.69) is 0 Å². The molecule has 2 unspecified atom stereocenters. The summed E-state index contributed by atoms with van der Waals surface area (Å²) in [6.07, 6.45) is 2.11. The van der Waals surface area contributed by atoms with Crippen molar-refractivity contribution in [3.8, 4) is 0 Å². The number of hydrogen-bond acceptors (Lipinski definition) is 3. The van der Waals surface area contributed by atoms with Crippen LogP contribution in [-0.2, 0) is 0 Å². The van der Waals surface area contributed by atoms with Crippen molar-refractivity contribution < 1.29 is 9.21 Å². The predicted molar refractivity (Wildman–Crippen MR) is 90.5 cm³/mol. The highest BCUT2D eigenvalue weighted by Gasteiger charge is 2.29. The molecular formula is C17H23ClN2O2. The van der Waals surface area contributed by atoms with Crippen molar-refractivity contribution in [3.63, 3.8) is 0 Å². The van der Waals surface area contributed by atoms with Crippen LogP contribution in [0.2, 0.25) is 0 Å². The Morgan fingerprint density at radius 1 is 1.41 bits per heavy atom. The molecule has 1 amide bonds. The van der Waals surface area contributed by atoms with E-state index in [9.17, 15) is 4.79 Å². The molecule has 0 saturated carbocycles. The zero-order chi connectivity index (χ0) is 15.0. The van der Waals surface area contributed by atoms with Crippen LogP contribution in [0.3, 0.4) is 0 Å². The van der Waals surface area contributed by atoms with E-state index in [1.807, 2.05) is 43.0 Å². The molecule has 4 nitrogen and oxygen atoms in total. The van der Waals surface area contributed by atoms with Crippen LogP contribution in [0.25, 0.3) is 11.0 Å². The van der Waals surface area contributed by atoms with Crippen LogP contribution in [0.1, 0.15) is 35.9 Å². The Morgan fingerprint density at radius 3 is 2.82 bits per heavy atom. The van der Waals surface area contributed by atoms with Crippen molar-refractivity contribution in [2.45, 2.75) is 32.7 Å². The maximum absolute atomic E-state index is 12.7. The lowest BCUT2D eigenvalue weighted by Gasteiger charge is -2.34. The van der Waals surface area contributed by atoms with Gasteiger partial charge in [-0.15, -0.1) is 12.4 Å². The number of likely N-dealkylation sites (tertiary alicyclic amines) is 1. The van der Waals surface area contributed by atoms with Gasteiger partial charge in [0.05, 0.1) is 0 Å². The summed E-state index contributed by atoms with van der Waals surface area (Å²) in [6, 6.07) is 7.90. The molecule has 0 aliphatic carbocycles. The molecule has 22 heavy (non-hydrogen) atoms. The monoisotopic (exact) mass is 322 g/mol. The minimum absolute atomic E-state index is 0. The van der Waals surface area contributed by atoms with Crippen LogP contribution in [-0.4, -0.2) is 29.9 Å². The first kappa shape index (κ1) is 16.8. The summed E-state index contributed by atoms with van der Waals surface area (Å²) in [5.41, 5.74) is 7.70. The van der Waals surface area contributed by atoms with Crippen LogP contribution in [0, 0.1) is 12.8 Å². The number of nitrogens with two attached hydrogens (primary N) is 1. The van der Waals surface area contributed by atoms with Crippen LogP contribution in [0.15, 0.2) is 28.7 Å². The van der Waals surface area contributed by atoms with Gasteiger partial charge in [-0.2, -0.15) is 0 Å². The number of benzene rings is 1. The van der Waals surface area contributed by atoms with Crippen LogP contribution >= 0.6 is 12.4 Å². The first-order chi connectivity index (χ1) is 10.1. The minimum Gasteiger partial charge on any atom is -0.451 e. The second kappa shape index (κ2) is 6.71. The highest BCUT2D eigenvalue weighted by molar-refractivity contribution is 5.98. The first-order valence-electron chi connectivity index (χ1n) is 7.61. The third-order valence-electron chi connectivity index (χ3n) is 4.53. The molecule has 1 fully saturated rings. The number of furan rings is 1. The summed E-state index contributed by atoms with van der Waals surface area (Å²) < 4.78 is 5.79. The lowest BCUT2D eigenvalue weighted by Crippen LogP contribution is -2.45. The van der Waals surface area contributed by atoms with Gasteiger partial charge in [0.15, 0.2) is 5.76 Å². The van der Waals surface area contributed by atoms with Crippen molar-refractivity contribution in [2.24, 2.45) is 11.7 Å². The van der Waals surface area contributed by atoms with Gasteiger partial charge in [0.25, 0.3) is 5.91 Å². The van der Waals surface area contributed by atoms with Gasteiger partial charge < -0.3 is 15.1 Å². The van der Waals surface area contributed by atoms with Crippen LogP contribution in [0.5, 0.6) is 0 Å². The fourth-order valence-electron chi connectivity index (χ4n) is 3.15. The normalized spacial score (nSPS) is 19.8. The fourth-order valence-corrected chi connectivity index (χ4v) is 3.15. The number of carbonyl (C=O) groups is 1. The minimum atomic E-state index is -0.00551. The quantitative estimate of drug-likeness (QED) is 0.922. The molecule has 120 valence electrons. The smallest absolute Gasteiger partial charge is 0.289 e. The molecule has 3 rings (SSSR count). The summed E-state index contributed by atoms with van der Waals surface area (Å²) in [6.45, 7) is 5.49. The molecule has 1 aliphatic heterocycles. The number of para-hydroxylation sites is 1. The summed E-state index contributed by atoms with van der Waals surface area (Å²) in [5, 5.41) is 1.02. The number of nitrogens with zero attached hydrogens (tertiary/aromatic N) is 1. The molecule has 5 heteroatoms. The molecule has 1 aromatic heterocycles. The Kier molecular flexibility index (Phi) is 5.14. The Labute approximate surface area is 137 Å². The number of piperidine rings is 1. The van der Waals surface area contributed by atoms with E-state index in [0.29, 0.717) is 11.7 Å². The molecule has 0 spiro atoms. The second-order valence-electron chi connectivity index (χ2n) is 6.06. The Morgan fingerprint density at radius 2 is 2.14 bits per heavy atom. The van der Waals surface area contributed by atoms with Gasteiger partial charge in [0, 0.05) is 30.1 Å². The Balaban J connectivity index is 0.00000176. The molecule has 0 radical (unpaired) electrons. The number of hydrogen-bond donors (Lipinski definition) is 1. The van der Waals surface area contributed by atoms with Crippen LogP contribution in [0.4, 0.5) is 0 Å². The molecule has 2 heterocycles. The highest BCUT2D eigenvalue weighted by Crippen LogP contribution is 2.27. The third-order valence-corrected chi connectivity index (χ3v) is 4.53. The molecule has 1 saturated heterocycles. The molecule has 1 aromatic carbocycles. The van der Waals surface area contributed by atoms with Gasteiger partial charge in [-0.05, 0) is 38.7 Å². The van der Waals surface area contributed by atoms with Gasteiger partial charge >= 0.3 is 0 Å². The zero-order valence-electron chi connectivity index (χ0n) is 13.0. The average molecular weight is 323 g/mol. The summed E-state index contributed by atoms with van der Waals surface area (Å²) in [7, 11) is 0. The van der Waals surface area contributed by atoms with Crippen molar-refractivity contribution in [1.82, 2.24) is 4.90 Å². The molecule has 2 N–H and O–H groups in total. The number of carbonyl (C=O) groups excluding carboxylic acids is 1. The van der Waals surface area contributed by atoms with Crippen molar-refractivity contribution in [1.29, 1.82) is 0 Å². The Bertz CT molecular complexity index is 666. The first-order valence-corrected chi connectivity index (χ1v) is 7.61. The molecular weight excluding hydrogens is 300 g/mol. The largest absolute Gasteiger partial charge is 0.451 e. The van der Waals surface area contributed by atoms with Gasteiger partial charge in [-0.25, -0.2) is 0 Å². The molecule has 1 aliphatic rings. The van der Waals surface area contributed by atoms with Crippen LogP contribution < -0.4 is 5.73 Å². The van der Waals surface area contributed by atoms with E-state index < -0.39 is 0 Å². The van der Waals surface area contributed by atoms with Gasteiger partial charge in [-0.3, -0.25) is 4.79 Å². The van der Waals surface area contributed by atoms with E-state index in [4.69, 9.17) is 10.2 Å². The van der Waals surface area contributed by atoms with Crippen molar-refractivity contribution >= 4 is 29.3 Å². The standard InChI is InChI=1S/C17H22N2O2.ClH/c1-11-14-7-3-4-8-15(14)21-16(11)17(20)19-9-5-6-13(10-19)12(2)18;/h3-4,7-8,12-13H,5-6,9-10,18H2,1-2H3;1H. The van der Waals surface area contributed by atoms with E-state index in [1.165, 1.54) is 0 Å². The number of halogens is 1. The SMILES string of the molecule is Cc1c(C(=O)N2CCCC(C(C)N)C2)oc2ccccc12.Cl. The lowest BCUT2D eigenvalue weighted by molar-refractivity contribution is 0.0630. The number of amides is 1. The van der Waals surface area contributed by atoms with Gasteiger partial charge in [0.1, 0.15) is 5.58 Å². The lowest BCUT2D eigenvalue weighted by atomic mass is 9.92. The summed E-state index contributed by atoms with van der Waals surface area (Å²) >= 11 is 0. The number of aryl methyl sites for hydroxylation is 1. The fraction of sp³-hybridized carbons (Fsp3) is 0.471. The topological polar surface area (TPSA) is 59.5 Å². The highest BCUT2D eigenvalue weighted by atomic mass is 35.5. The second-order valence-corrected chi connectivity index (χ2v) is 6.06. The van der Waals surface area contributed by atoms with E-state index >= 15 is 0 Å². The average Bonchev–Trinajstić information content (AvgIpc) is 2.84. The molecule has 2 aromatic rings.